The van der Waals surface area contributed by atoms with Gasteiger partial charge in [-0.05, 0) is 12.0 Å². The van der Waals surface area contributed by atoms with Crippen molar-refractivity contribution >= 4 is 17.2 Å². The van der Waals surface area contributed by atoms with Crippen LogP contribution in [0.3, 0.4) is 0 Å². The largest absolute Gasteiger partial charge is 0.385 e. The summed E-state index contributed by atoms with van der Waals surface area (Å²) in [7, 11) is 1.80. The summed E-state index contributed by atoms with van der Waals surface area (Å²) in [5.74, 6) is -0.124. The SMILES string of the molecule is CNc1cc(C(C)C)nn2c(C(=O)N[C@@H]3C[C@@H]3F)cnc12. The number of aromatic nitrogens is 3. The van der Waals surface area contributed by atoms with Crippen molar-refractivity contribution in [3.8, 4) is 0 Å². The summed E-state index contributed by atoms with van der Waals surface area (Å²) >= 11 is 0. The summed E-state index contributed by atoms with van der Waals surface area (Å²) in [6, 6.07) is 1.55. The monoisotopic (exact) mass is 291 g/mol. The molecule has 21 heavy (non-hydrogen) atoms. The summed E-state index contributed by atoms with van der Waals surface area (Å²) in [6.07, 6.45) is 0.924. The molecule has 3 rings (SSSR count). The number of nitrogens with zero attached hydrogens (tertiary/aromatic N) is 3. The number of alkyl halides is 1. The molecule has 2 aromatic heterocycles. The highest BCUT2D eigenvalue weighted by Crippen LogP contribution is 2.26. The third-order valence-corrected chi connectivity index (χ3v) is 3.61. The van der Waals surface area contributed by atoms with E-state index in [2.05, 4.69) is 20.7 Å². The Balaban J connectivity index is 2.02. The number of rotatable bonds is 4. The van der Waals surface area contributed by atoms with Crippen molar-refractivity contribution in [3.63, 3.8) is 0 Å². The molecule has 112 valence electrons. The minimum Gasteiger partial charge on any atom is -0.385 e. The van der Waals surface area contributed by atoms with Crippen LogP contribution in [0.5, 0.6) is 0 Å². The average Bonchev–Trinajstić information content (AvgIpc) is 2.99. The van der Waals surface area contributed by atoms with Gasteiger partial charge in [0.15, 0.2) is 11.3 Å². The molecule has 0 spiro atoms. The van der Waals surface area contributed by atoms with Gasteiger partial charge in [0.2, 0.25) is 0 Å². The first kappa shape index (κ1) is 13.8. The first-order chi connectivity index (χ1) is 10.0. The van der Waals surface area contributed by atoms with Crippen molar-refractivity contribution in [1.82, 2.24) is 19.9 Å². The molecule has 0 radical (unpaired) electrons. The van der Waals surface area contributed by atoms with Crippen LogP contribution in [0.15, 0.2) is 12.3 Å². The number of hydrogen-bond donors (Lipinski definition) is 2. The van der Waals surface area contributed by atoms with E-state index in [1.54, 1.807) is 7.05 Å². The highest BCUT2D eigenvalue weighted by Gasteiger charge is 2.39. The van der Waals surface area contributed by atoms with E-state index < -0.39 is 6.17 Å². The van der Waals surface area contributed by atoms with Crippen LogP contribution < -0.4 is 10.6 Å². The van der Waals surface area contributed by atoms with Crippen molar-refractivity contribution in [3.05, 3.63) is 23.7 Å². The minimum atomic E-state index is -0.930. The van der Waals surface area contributed by atoms with E-state index in [1.165, 1.54) is 10.7 Å². The molecule has 6 nitrogen and oxygen atoms in total. The van der Waals surface area contributed by atoms with Crippen LogP contribution in [0.25, 0.3) is 5.65 Å². The molecule has 1 aliphatic rings. The predicted molar refractivity (Wildman–Crippen MR) is 77.4 cm³/mol. The van der Waals surface area contributed by atoms with E-state index in [0.29, 0.717) is 17.8 Å². The second-order valence-electron chi connectivity index (χ2n) is 5.60. The number of imidazole rings is 1. The predicted octanol–water partition coefficient (Wildman–Crippen LogP) is 1.73. The molecule has 2 N–H and O–H groups in total. The third kappa shape index (κ3) is 2.43. The molecule has 0 unspecified atom stereocenters. The van der Waals surface area contributed by atoms with Crippen LogP contribution in [-0.4, -0.2) is 39.8 Å². The highest BCUT2D eigenvalue weighted by molar-refractivity contribution is 5.94. The van der Waals surface area contributed by atoms with E-state index in [-0.39, 0.29) is 17.9 Å². The molecule has 0 aromatic carbocycles. The van der Waals surface area contributed by atoms with Gasteiger partial charge in [-0.15, -0.1) is 0 Å². The highest BCUT2D eigenvalue weighted by atomic mass is 19.1. The summed E-state index contributed by atoms with van der Waals surface area (Å²) in [6.45, 7) is 4.06. The molecule has 1 amide bonds. The molecule has 1 aliphatic carbocycles. The first-order valence-corrected chi connectivity index (χ1v) is 7.02. The molecular formula is C14H18FN5O. The van der Waals surface area contributed by atoms with E-state index >= 15 is 0 Å². The maximum absolute atomic E-state index is 12.9. The zero-order valence-corrected chi connectivity index (χ0v) is 12.2. The Morgan fingerprint density at radius 3 is 2.81 bits per heavy atom. The summed E-state index contributed by atoms with van der Waals surface area (Å²) in [5.41, 5.74) is 2.57. The Bertz CT molecular complexity index is 696. The van der Waals surface area contributed by atoms with Gasteiger partial charge >= 0.3 is 0 Å². The molecule has 2 aromatic rings. The Labute approximate surface area is 121 Å². The van der Waals surface area contributed by atoms with Gasteiger partial charge in [-0.25, -0.2) is 13.9 Å². The van der Waals surface area contributed by atoms with Crippen molar-refractivity contribution in [1.29, 1.82) is 0 Å². The molecule has 0 aliphatic heterocycles. The maximum atomic E-state index is 12.9. The lowest BCUT2D eigenvalue weighted by molar-refractivity contribution is 0.0940. The number of amides is 1. The quantitative estimate of drug-likeness (QED) is 0.900. The lowest BCUT2D eigenvalue weighted by Gasteiger charge is -2.10. The number of hydrogen-bond acceptors (Lipinski definition) is 4. The van der Waals surface area contributed by atoms with Crippen LogP contribution in [0, 0.1) is 0 Å². The summed E-state index contributed by atoms with van der Waals surface area (Å²) in [4.78, 5) is 16.4. The van der Waals surface area contributed by atoms with E-state index in [1.807, 2.05) is 19.9 Å². The molecule has 0 saturated heterocycles. The molecule has 1 saturated carbocycles. The lowest BCUT2D eigenvalue weighted by atomic mass is 10.1. The van der Waals surface area contributed by atoms with Crippen molar-refractivity contribution < 1.29 is 9.18 Å². The Hall–Kier alpha value is -2.18. The van der Waals surface area contributed by atoms with Gasteiger partial charge in [-0.3, -0.25) is 4.79 Å². The van der Waals surface area contributed by atoms with Crippen molar-refractivity contribution in [2.75, 3.05) is 12.4 Å². The van der Waals surface area contributed by atoms with Crippen LogP contribution >= 0.6 is 0 Å². The zero-order valence-electron chi connectivity index (χ0n) is 12.2. The van der Waals surface area contributed by atoms with Crippen LogP contribution in [-0.2, 0) is 0 Å². The Morgan fingerprint density at radius 2 is 2.24 bits per heavy atom. The number of fused-ring (bicyclic) bond motifs is 1. The second-order valence-corrected chi connectivity index (χ2v) is 5.60. The van der Waals surface area contributed by atoms with Crippen LogP contribution in [0.2, 0.25) is 0 Å². The fraction of sp³-hybridized carbons (Fsp3) is 0.500. The second kappa shape index (κ2) is 4.98. The molecule has 2 atom stereocenters. The van der Waals surface area contributed by atoms with E-state index in [9.17, 15) is 9.18 Å². The molecule has 7 heteroatoms. The van der Waals surface area contributed by atoms with Gasteiger partial charge < -0.3 is 10.6 Å². The number of carbonyl (C=O) groups excluding carboxylic acids is 1. The fourth-order valence-corrected chi connectivity index (χ4v) is 2.16. The smallest absolute Gasteiger partial charge is 0.271 e. The van der Waals surface area contributed by atoms with Crippen LogP contribution in [0.1, 0.15) is 42.4 Å². The lowest BCUT2D eigenvalue weighted by Crippen LogP contribution is -2.28. The fourth-order valence-electron chi connectivity index (χ4n) is 2.16. The average molecular weight is 291 g/mol. The number of nitrogens with one attached hydrogen (secondary N) is 2. The third-order valence-electron chi connectivity index (χ3n) is 3.61. The minimum absolute atomic E-state index is 0.221. The number of halogens is 1. The topological polar surface area (TPSA) is 71.3 Å². The zero-order chi connectivity index (χ0) is 15.1. The van der Waals surface area contributed by atoms with Gasteiger partial charge in [0.05, 0.1) is 23.6 Å². The van der Waals surface area contributed by atoms with E-state index in [4.69, 9.17) is 0 Å². The van der Waals surface area contributed by atoms with Gasteiger partial charge in [0.1, 0.15) is 6.17 Å². The van der Waals surface area contributed by atoms with Gasteiger partial charge in [0.25, 0.3) is 5.91 Å². The Morgan fingerprint density at radius 1 is 1.52 bits per heavy atom. The Kier molecular flexibility index (Phi) is 3.27. The molecular weight excluding hydrogens is 273 g/mol. The summed E-state index contributed by atoms with van der Waals surface area (Å²) < 4.78 is 14.4. The standard InChI is InChI=1S/C14H18FN5O/c1-7(2)9-5-11(16-3)13-17-6-12(20(13)19-9)14(21)18-10-4-8(10)15/h5-8,10,16H,4H2,1-3H3,(H,18,21)/t8-,10+/m0/s1. The molecule has 0 bridgehead atoms. The van der Waals surface area contributed by atoms with Crippen molar-refractivity contribution in [2.45, 2.75) is 38.4 Å². The van der Waals surface area contributed by atoms with Crippen LogP contribution in [0.4, 0.5) is 10.1 Å². The van der Waals surface area contributed by atoms with E-state index in [0.717, 1.165) is 11.4 Å². The number of anilines is 1. The first-order valence-electron chi connectivity index (χ1n) is 7.02. The van der Waals surface area contributed by atoms with Gasteiger partial charge in [-0.2, -0.15) is 5.10 Å². The number of carbonyl (C=O) groups is 1. The summed E-state index contributed by atoms with van der Waals surface area (Å²) in [5, 5.41) is 10.2. The normalized spacial score (nSPS) is 20.8. The molecule has 1 fully saturated rings. The van der Waals surface area contributed by atoms with Gasteiger partial charge in [-0.1, -0.05) is 13.8 Å². The van der Waals surface area contributed by atoms with Gasteiger partial charge in [0, 0.05) is 13.5 Å². The molecule has 2 heterocycles. The van der Waals surface area contributed by atoms with Crippen molar-refractivity contribution in [2.24, 2.45) is 0 Å². The maximum Gasteiger partial charge on any atom is 0.271 e.